The maximum Gasteiger partial charge on any atom is 0.527 e. The molecular weight excluding hydrogens is 538 g/mol. The first-order valence-corrected chi connectivity index (χ1v) is 11.8. The number of halogens is 10. The Balaban J connectivity index is 1.73. The van der Waals surface area contributed by atoms with Crippen molar-refractivity contribution in [1.82, 2.24) is 0 Å². The van der Waals surface area contributed by atoms with Crippen LogP contribution in [0, 0.1) is 23.4 Å². The highest BCUT2D eigenvalue weighted by Crippen LogP contribution is 2.42. The Bertz CT molecular complexity index is 1070. The van der Waals surface area contributed by atoms with Crippen molar-refractivity contribution >= 4 is 0 Å². The average molecular weight is 562 g/mol. The van der Waals surface area contributed by atoms with Gasteiger partial charge < -0.3 is 9.47 Å². The molecule has 0 aromatic heterocycles. The van der Waals surface area contributed by atoms with Gasteiger partial charge in [-0.25, -0.2) is 17.9 Å². The fourth-order valence-electron chi connectivity index (χ4n) is 4.23. The molecule has 1 aliphatic rings. The second-order valence-electron chi connectivity index (χ2n) is 8.95. The van der Waals surface area contributed by atoms with E-state index in [0.717, 1.165) is 38.2 Å². The van der Waals surface area contributed by atoms with Crippen LogP contribution < -0.4 is 4.74 Å². The first-order chi connectivity index (χ1) is 17.6. The number of unbranched alkanes of at least 4 members (excludes halogenated alkanes) is 2. The summed E-state index contributed by atoms with van der Waals surface area (Å²) in [5.41, 5.74) is -3.51. The third kappa shape index (κ3) is 7.52. The van der Waals surface area contributed by atoms with Crippen LogP contribution in [0.15, 0.2) is 30.3 Å². The van der Waals surface area contributed by atoms with Gasteiger partial charge in [0.2, 0.25) is 0 Å². The number of benzene rings is 2. The second kappa shape index (κ2) is 11.7. The van der Waals surface area contributed by atoms with Crippen molar-refractivity contribution in [3.63, 3.8) is 0 Å². The Labute approximate surface area is 211 Å². The van der Waals surface area contributed by atoms with E-state index in [4.69, 9.17) is 4.74 Å². The highest BCUT2D eigenvalue weighted by molar-refractivity contribution is 5.34. The predicted molar refractivity (Wildman–Crippen MR) is 114 cm³/mol. The van der Waals surface area contributed by atoms with E-state index in [1.165, 1.54) is 6.07 Å². The monoisotopic (exact) mass is 562 g/mol. The second-order valence-corrected chi connectivity index (χ2v) is 8.95. The highest BCUT2D eigenvalue weighted by atomic mass is 19.4. The highest BCUT2D eigenvalue weighted by Gasteiger charge is 2.50. The Morgan fingerprint density at radius 2 is 1.50 bits per heavy atom. The van der Waals surface area contributed by atoms with E-state index < -0.39 is 59.0 Å². The summed E-state index contributed by atoms with van der Waals surface area (Å²) in [6, 6.07) is 2.29. The molecule has 0 saturated carbocycles. The predicted octanol–water partition coefficient (Wildman–Crippen LogP) is 8.87. The molecule has 1 aliphatic heterocycles. The van der Waals surface area contributed by atoms with Gasteiger partial charge >= 0.3 is 18.6 Å². The van der Waals surface area contributed by atoms with Crippen LogP contribution in [-0.4, -0.2) is 13.0 Å². The van der Waals surface area contributed by atoms with E-state index in [2.05, 4.69) is 16.4 Å². The third-order valence-corrected chi connectivity index (χ3v) is 6.06. The van der Waals surface area contributed by atoms with Gasteiger partial charge in [0.25, 0.3) is 0 Å². The lowest BCUT2D eigenvalue weighted by molar-refractivity contribution is -0.432. The lowest BCUT2D eigenvalue weighted by atomic mass is 9.90. The van der Waals surface area contributed by atoms with Gasteiger partial charge in [-0.3, -0.25) is 0 Å². The zero-order valence-corrected chi connectivity index (χ0v) is 20.0. The van der Waals surface area contributed by atoms with Gasteiger partial charge in [0.15, 0.2) is 0 Å². The molecule has 2 aromatic rings. The molecule has 1 saturated heterocycles. The summed E-state index contributed by atoms with van der Waals surface area (Å²) in [6.45, 7) is 2.53. The Morgan fingerprint density at radius 3 is 2.03 bits per heavy atom. The van der Waals surface area contributed by atoms with E-state index in [1.54, 1.807) is 0 Å². The summed E-state index contributed by atoms with van der Waals surface area (Å²) in [7, 11) is 0. The molecule has 38 heavy (non-hydrogen) atoms. The van der Waals surface area contributed by atoms with Crippen molar-refractivity contribution in [1.29, 1.82) is 0 Å². The zero-order valence-electron chi connectivity index (χ0n) is 20.0. The Hall–Kier alpha value is -2.54. The minimum atomic E-state index is -5.97. The van der Waals surface area contributed by atoms with Gasteiger partial charge in [-0.2, -0.15) is 17.6 Å². The Kier molecular flexibility index (Phi) is 9.23. The van der Waals surface area contributed by atoms with Crippen molar-refractivity contribution in [2.24, 2.45) is 5.92 Å². The standard InChI is InChI=1S/C25H24F10O3/c1-2-3-4-5-14-6-9-21(36-13-14)15-7-8-17(18(26)10-15)23(29,30)37-16-11-19(27)22(20(28)12-16)24(31,32)38-25(33,34)35/h7-8,10-12,14,21H,2-6,9,13H2,1H3. The number of rotatable bonds is 10. The van der Waals surface area contributed by atoms with Crippen LogP contribution in [-0.2, 0) is 21.7 Å². The van der Waals surface area contributed by atoms with Crippen LogP contribution in [0.4, 0.5) is 43.9 Å². The van der Waals surface area contributed by atoms with Crippen LogP contribution >= 0.6 is 0 Å². The maximum atomic E-state index is 14.6. The van der Waals surface area contributed by atoms with Crippen molar-refractivity contribution < 1.29 is 58.1 Å². The van der Waals surface area contributed by atoms with Crippen molar-refractivity contribution in [3.8, 4) is 5.75 Å². The van der Waals surface area contributed by atoms with Gasteiger partial charge in [-0.15, -0.1) is 13.2 Å². The molecule has 2 aromatic carbocycles. The van der Waals surface area contributed by atoms with E-state index in [9.17, 15) is 43.9 Å². The van der Waals surface area contributed by atoms with E-state index in [0.29, 0.717) is 30.6 Å². The first-order valence-electron chi connectivity index (χ1n) is 11.8. The summed E-state index contributed by atoms with van der Waals surface area (Å²) in [5, 5.41) is 0. The van der Waals surface area contributed by atoms with Crippen LogP contribution in [0.25, 0.3) is 0 Å². The molecular formula is C25H24F10O3. The summed E-state index contributed by atoms with van der Waals surface area (Å²) in [6.07, 6.45) is -10.9. The average Bonchev–Trinajstić information content (AvgIpc) is 2.76. The summed E-state index contributed by atoms with van der Waals surface area (Å²) < 4.78 is 148. The molecule has 212 valence electrons. The molecule has 0 N–H and O–H groups in total. The van der Waals surface area contributed by atoms with Crippen molar-refractivity contribution in [3.05, 3.63) is 64.5 Å². The van der Waals surface area contributed by atoms with Crippen LogP contribution in [0.1, 0.15) is 68.2 Å². The molecule has 3 nitrogen and oxygen atoms in total. The zero-order chi connectivity index (χ0) is 28.3. The molecule has 0 radical (unpaired) electrons. The van der Waals surface area contributed by atoms with Gasteiger partial charge in [0.1, 0.15) is 28.8 Å². The minimum absolute atomic E-state index is 0.195. The van der Waals surface area contributed by atoms with Gasteiger partial charge in [-0.05, 0) is 42.9 Å². The molecule has 3 rings (SSSR count). The molecule has 13 heteroatoms. The molecule has 0 bridgehead atoms. The van der Waals surface area contributed by atoms with Gasteiger partial charge in [0, 0.05) is 12.1 Å². The number of hydrogen-bond acceptors (Lipinski definition) is 3. The molecule has 1 heterocycles. The number of alkyl halides is 7. The molecule has 2 atom stereocenters. The van der Waals surface area contributed by atoms with E-state index in [-0.39, 0.29) is 12.1 Å². The SMILES string of the molecule is CCCCCC1CCC(c2ccc(C(F)(F)Oc3cc(F)c(C(F)(F)OC(F)(F)F)c(F)c3)c(F)c2)OC1. The topological polar surface area (TPSA) is 27.7 Å². The molecule has 0 aliphatic carbocycles. The summed E-state index contributed by atoms with van der Waals surface area (Å²) in [4.78, 5) is 0. The fourth-order valence-corrected chi connectivity index (χ4v) is 4.23. The lowest BCUT2D eigenvalue weighted by Crippen LogP contribution is -2.30. The number of hydrogen-bond donors (Lipinski definition) is 0. The van der Waals surface area contributed by atoms with E-state index in [1.807, 2.05) is 0 Å². The first kappa shape index (κ1) is 30.0. The summed E-state index contributed by atoms with van der Waals surface area (Å²) >= 11 is 0. The lowest BCUT2D eigenvalue weighted by Gasteiger charge is -2.29. The van der Waals surface area contributed by atoms with Crippen LogP contribution in [0.5, 0.6) is 5.75 Å². The number of ether oxygens (including phenoxy) is 3. The maximum absolute atomic E-state index is 14.6. The molecule has 1 fully saturated rings. The third-order valence-electron chi connectivity index (χ3n) is 6.06. The Morgan fingerprint density at radius 1 is 0.842 bits per heavy atom. The minimum Gasteiger partial charge on any atom is -0.429 e. The van der Waals surface area contributed by atoms with Gasteiger partial charge in [-0.1, -0.05) is 32.3 Å². The van der Waals surface area contributed by atoms with Crippen LogP contribution in [0.3, 0.4) is 0 Å². The smallest absolute Gasteiger partial charge is 0.429 e. The summed E-state index contributed by atoms with van der Waals surface area (Å²) in [5.74, 6) is -7.17. The van der Waals surface area contributed by atoms with Crippen molar-refractivity contribution in [2.75, 3.05) is 6.61 Å². The largest absolute Gasteiger partial charge is 0.527 e. The molecule has 0 amide bonds. The van der Waals surface area contributed by atoms with Crippen molar-refractivity contribution in [2.45, 2.75) is 70.1 Å². The molecule has 0 spiro atoms. The van der Waals surface area contributed by atoms with Crippen LogP contribution in [0.2, 0.25) is 0 Å². The normalized spacial score (nSPS) is 19.0. The van der Waals surface area contributed by atoms with E-state index >= 15 is 0 Å². The molecule has 2 unspecified atom stereocenters. The fraction of sp³-hybridized carbons (Fsp3) is 0.520. The van der Waals surface area contributed by atoms with Gasteiger partial charge in [0.05, 0.1) is 18.3 Å². The quantitative estimate of drug-likeness (QED) is 0.214.